The van der Waals surface area contributed by atoms with Crippen molar-refractivity contribution in [2.75, 3.05) is 39.6 Å². The number of hydrogen-bond donors (Lipinski definition) is 16. The number of aliphatic hydroxyl groups excluding tert-OH is 16. The fraction of sp³-hybridized carbons (Fsp3) is 0.709. The molecule has 0 amide bonds. The van der Waals surface area contributed by atoms with E-state index in [-0.39, 0.29) is 21.4 Å². The van der Waals surface area contributed by atoms with E-state index in [1.807, 2.05) is 0 Å². The van der Waals surface area contributed by atoms with E-state index < -0.39 is 249 Å². The van der Waals surface area contributed by atoms with Crippen LogP contribution in [-0.2, 0) is 85.4 Å². The Labute approximate surface area is 518 Å². The maximum absolute atomic E-state index is 14.5. The Morgan fingerprint density at radius 3 is 1.08 bits per heavy atom. The first kappa shape index (κ1) is 70.4. The molecule has 0 saturated carbocycles. The zero-order valence-corrected chi connectivity index (χ0v) is 50.2. The van der Waals surface area contributed by atoms with Gasteiger partial charge < -0.3 is 139 Å². The first-order valence-electron chi connectivity index (χ1n) is 28.9. The van der Waals surface area contributed by atoms with E-state index >= 15 is 0 Å². The fourth-order valence-corrected chi connectivity index (χ4v) is 15.0. The highest BCUT2D eigenvalue weighted by Crippen LogP contribution is 2.40. The van der Waals surface area contributed by atoms with Crippen molar-refractivity contribution in [2.45, 2.75) is 215 Å². The van der Waals surface area contributed by atoms with Crippen molar-refractivity contribution in [3.63, 3.8) is 0 Å². The fourth-order valence-electron chi connectivity index (χ4n) is 12.4. The van der Waals surface area contributed by atoms with Gasteiger partial charge in [0.2, 0.25) is 0 Å². The summed E-state index contributed by atoms with van der Waals surface area (Å²) in [5, 5.41) is 183. The largest absolute Gasteiger partial charge is 0.394 e. The first-order chi connectivity index (χ1) is 43.2. The molecule has 16 N–H and O–H groups in total. The molecule has 36 heteroatoms. The van der Waals surface area contributed by atoms with Gasteiger partial charge in [-0.15, -0.1) is 0 Å². The molecule has 0 spiro atoms. The van der Waals surface area contributed by atoms with Crippen LogP contribution in [0.5, 0.6) is 0 Å². The van der Waals surface area contributed by atoms with E-state index in [0.717, 1.165) is 6.07 Å². The van der Waals surface area contributed by atoms with Crippen LogP contribution in [0.4, 0.5) is 0 Å². The quantitative estimate of drug-likeness (QED) is 0.0749. The van der Waals surface area contributed by atoms with E-state index in [4.69, 9.17) is 65.2 Å². The lowest BCUT2D eigenvalue weighted by Crippen LogP contribution is -2.69. The number of hydrogen-bond acceptors (Lipinski definition) is 34. The number of fused-ring (bicyclic) bond motifs is 1. The van der Waals surface area contributed by atoms with Crippen molar-refractivity contribution in [3.05, 3.63) is 71.3 Å². The van der Waals surface area contributed by atoms with Gasteiger partial charge in [0.1, 0.15) is 145 Å². The lowest BCUT2D eigenvalue weighted by Gasteiger charge is -2.51. The van der Waals surface area contributed by atoms with E-state index in [0.29, 0.717) is 10.9 Å². The van der Waals surface area contributed by atoms with Crippen molar-refractivity contribution in [1.29, 1.82) is 0 Å². The molecule has 3 aromatic rings. The zero-order valence-electron chi connectivity index (χ0n) is 48.6. The molecule has 22 aliphatic rings. The van der Waals surface area contributed by atoms with Crippen LogP contribution in [-0.4, -0.2) is 322 Å². The van der Waals surface area contributed by atoms with Crippen LogP contribution in [0.3, 0.4) is 0 Å². The summed E-state index contributed by atoms with van der Waals surface area (Å²) in [5.41, 5.74) is 1.21. The summed E-state index contributed by atoms with van der Waals surface area (Å²) in [6, 6.07) is 13.4. The maximum Gasteiger partial charge on any atom is 0.298 e. The minimum Gasteiger partial charge on any atom is -0.394 e. The first-order valence-corrected chi connectivity index (χ1v) is 31.8. The third-order valence-electron chi connectivity index (χ3n) is 17.0. The monoisotopic (exact) mass is 1340 g/mol. The Morgan fingerprint density at radius 1 is 0.374 bits per heavy atom. The predicted octanol–water partition coefficient (Wildman–Crippen LogP) is -8.15. The second-order valence-electron chi connectivity index (χ2n) is 23.1. The van der Waals surface area contributed by atoms with Crippen LogP contribution in [0, 0.1) is 20.8 Å². The lowest BCUT2D eigenvalue weighted by molar-refractivity contribution is -0.403. The molecular formula is C55H76O34S2. The topological polar surface area (TPSA) is 521 Å². The van der Waals surface area contributed by atoms with Gasteiger partial charge in [-0.2, -0.15) is 16.8 Å². The molecule has 0 radical (unpaired) electrons. The molecular weight excluding hydrogens is 1270 g/mol. The smallest absolute Gasteiger partial charge is 0.298 e. The van der Waals surface area contributed by atoms with E-state index in [2.05, 4.69) is 0 Å². The number of benzene rings is 3. The van der Waals surface area contributed by atoms with Crippen molar-refractivity contribution in [3.8, 4) is 0 Å². The van der Waals surface area contributed by atoms with Crippen LogP contribution >= 0.6 is 0 Å². The van der Waals surface area contributed by atoms with Crippen molar-refractivity contribution < 1.29 is 164 Å². The van der Waals surface area contributed by atoms with Gasteiger partial charge in [-0.05, 0) is 43.4 Å². The highest BCUT2D eigenvalue weighted by atomic mass is 32.2. The summed E-state index contributed by atoms with van der Waals surface area (Å²) in [5.74, 6) is 0. The van der Waals surface area contributed by atoms with Gasteiger partial charge in [0, 0.05) is 5.39 Å². The number of rotatable bonds is 12. The Kier molecular flexibility index (Phi) is 22.2. The van der Waals surface area contributed by atoms with Gasteiger partial charge >= 0.3 is 0 Å². The Hall–Kier alpha value is -3.38. The summed E-state index contributed by atoms with van der Waals surface area (Å²) >= 11 is 0. The Bertz CT molecular complexity index is 3130. The van der Waals surface area contributed by atoms with E-state index in [1.165, 1.54) is 32.0 Å². The van der Waals surface area contributed by atoms with Crippen molar-refractivity contribution >= 4 is 31.0 Å². The Balaban J connectivity index is 1.00. The van der Waals surface area contributed by atoms with Crippen LogP contribution in [0.2, 0.25) is 0 Å². The minimum atomic E-state index is -5.11. The molecule has 22 saturated heterocycles. The molecule has 512 valence electrons. The second-order valence-corrected chi connectivity index (χ2v) is 26.2. The van der Waals surface area contributed by atoms with Gasteiger partial charge in [-0.3, -0.25) is 8.37 Å². The molecule has 22 aliphatic heterocycles. The van der Waals surface area contributed by atoms with Crippen LogP contribution in [0.25, 0.3) is 10.8 Å². The summed E-state index contributed by atoms with van der Waals surface area (Å²) in [7, 11) is -9.87. The summed E-state index contributed by atoms with van der Waals surface area (Å²) in [6.07, 6.45) is -64.4. The number of aryl methyl sites for hydroxylation is 3. The normalized spacial score (nSPS) is 43.8. The molecule has 22 heterocycles. The number of aliphatic hydroxyl groups is 16. The van der Waals surface area contributed by atoms with Crippen LogP contribution in [0.15, 0.2) is 64.4 Å². The summed E-state index contributed by atoms with van der Waals surface area (Å²) in [4.78, 5) is -0.736. The minimum absolute atomic E-state index is 0.121. The zero-order chi connectivity index (χ0) is 65.9. The second kappa shape index (κ2) is 28.7. The van der Waals surface area contributed by atoms with Crippen molar-refractivity contribution in [1.82, 2.24) is 0 Å². The molecule has 0 aliphatic carbocycles. The Morgan fingerprint density at radius 2 is 0.692 bits per heavy atom. The third kappa shape index (κ3) is 14.0. The van der Waals surface area contributed by atoms with Crippen LogP contribution < -0.4 is 0 Å². The highest BCUT2D eigenvalue weighted by molar-refractivity contribution is 7.87. The molecule has 12 bridgehead atoms. The average Bonchev–Trinajstić information content (AvgIpc) is 0.788. The van der Waals surface area contributed by atoms with Gasteiger partial charge in [0.05, 0.1) is 44.5 Å². The van der Waals surface area contributed by atoms with E-state index in [1.54, 1.807) is 37.3 Å². The predicted molar refractivity (Wildman–Crippen MR) is 293 cm³/mol. The molecule has 3 aromatic carbocycles. The van der Waals surface area contributed by atoms with Gasteiger partial charge in [-0.25, -0.2) is 0 Å². The third-order valence-corrected chi connectivity index (χ3v) is 19.9. The average molecular weight is 1350 g/mol. The van der Waals surface area contributed by atoms with Crippen LogP contribution in [0.1, 0.15) is 16.7 Å². The molecule has 0 aromatic heterocycles. The van der Waals surface area contributed by atoms with Gasteiger partial charge in [0.25, 0.3) is 20.2 Å². The van der Waals surface area contributed by atoms with Gasteiger partial charge in [-0.1, -0.05) is 54.1 Å². The number of ether oxygens (including phenoxy) is 12. The maximum atomic E-state index is 14.5. The van der Waals surface area contributed by atoms with E-state index in [9.17, 15) is 98.5 Å². The molecule has 30 atom stereocenters. The molecule has 34 nitrogen and oxygen atoms in total. The summed E-state index contributed by atoms with van der Waals surface area (Å²) < 4.78 is 139. The van der Waals surface area contributed by atoms with Crippen molar-refractivity contribution in [2.24, 2.45) is 0 Å². The molecule has 22 fully saturated rings. The summed E-state index contributed by atoms with van der Waals surface area (Å²) in [6.45, 7) is -2.05. The SMILES string of the molecule is Cc1cc(C)c(S(=O)(=O)OC[C@H]2O[C@@H]3O[C@H]4[C@H](O)[C@@H](O)[C@@H](O[C@H]5[C@H](O)[C@@H](O)[C@@H](O[C@H]6[C@H](O)[C@@H](OS(=O)(=O)c7cccc8ccccc78)[C@@H](O[C@H]7[C@H](O)[C@@H](O)[C@@H](O[C@H]8[C@H](O)[C@@H](O)[C@@H](O[C@H]2[C@H](O)[C@H]3O)O[C@@H]8CO)O[C@@H]7CO)O[C@@H]6CO)O[C@@H]5CO)O[C@@H]4CO)c(C)c1. The highest BCUT2D eigenvalue weighted by Gasteiger charge is 2.60. The van der Waals surface area contributed by atoms with Gasteiger partial charge in [0.15, 0.2) is 43.8 Å². The molecule has 91 heavy (non-hydrogen) atoms. The lowest BCUT2D eigenvalue weighted by atomic mass is 9.94. The standard InChI is InChI=1S/C55H76O34S2/c1-19-11-20(2)49(21(3)12-19)91(74,75)76-18-29-47-35(65)40(70)54(82-29)85-44-26(15-58)77-50(36(66)31(44)61)83-42-24(13-56)78-52(37(67)32(42)62)86-46-28(17-60)81-55(48(41(46)71)89-90(72,73)30-10-6-8-22-7-4-5-9-23(22)30)88-45-27(16-59)80-51(39(69)34(45)64)84-43-25(14-57)79-53(87-47)38(68)33(43)63/h4-12,24-29,31-48,50-71H,13-18H2,1-3H3/t24-,25-,26-,27-,28-,29-,31-,32-,33-,34-,35-,36-,37-,38-,39-,40-,41+,42-,43-,44-,45-,46-,47-,48-,50-,51-,52-,53-,54-,55-/m1/s1. The molecule has 25 rings (SSSR count). The molecule has 0 unspecified atom stereocenters.